The Morgan fingerprint density at radius 2 is 1.81 bits per heavy atom. The number of hydrogen-bond donors (Lipinski definition) is 1. The summed E-state index contributed by atoms with van der Waals surface area (Å²) in [7, 11) is 0. The Morgan fingerprint density at radius 1 is 1.00 bits per heavy atom. The first-order chi connectivity index (χ1) is 12.6. The van der Waals surface area contributed by atoms with E-state index >= 15 is 0 Å². The molecular formula is C21H17F2N3. The fraction of sp³-hybridized carbons (Fsp3) is 0.0952. The molecule has 0 saturated carbocycles. The van der Waals surface area contributed by atoms with Gasteiger partial charge in [-0.3, -0.25) is 4.99 Å². The number of rotatable bonds is 3. The van der Waals surface area contributed by atoms with Gasteiger partial charge in [-0.25, -0.2) is 8.78 Å². The monoisotopic (exact) mass is 349 g/mol. The van der Waals surface area contributed by atoms with Gasteiger partial charge in [-0.2, -0.15) is 0 Å². The summed E-state index contributed by atoms with van der Waals surface area (Å²) >= 11 is 0. The van der Waals surface area contributed by atoms with Crippen molar-refractivity contribution in [1.29, 1.82) is 0 Å². The first kappa shape index (κ1) is 16.3. The molecule has 2 aromatic carbocycles. The number of nitrogens with zero attached hydrogens (tertiary/aromatic N) is 2. The first-order valence-corrected chi connectivity index (χ1v) is 8.33. The molecule has 1 aliphatic rings. The Balaban J connectivity index is 1.84. The average molecular weight is 349 g/mol. The van der Waals surface area contributed by atoms with Gasteiger partial charge < -0.3 is 10.3 Å². The van der Waals surface area contributed by atoms with E-state index in [1.165, 1.54) is 6.07 Å². The lowest BCUT2D eigenvalue weighted by Crippen LogP contribution is -2.00. The molecule has 26 heavy (non-hydrogen) atoms. The second kappa shape index (κ2) is 6.59. The highest BCUT2D eigenvalue weighted by Crippen LogP contribution is 2.35. The van der Waals surface area contributed by atoms with Crippen LogP contribution in [0.15, 0.2) is 72.1 Å². The number of anilines is 1. The molecule has 3 nitrogen and oxygen atoms in total. The summed E-state index contributed by atoms with van der Waals surface area (Å²) in [6.45, 7) is 0. The molecule has 3 aromatic rings. The van der Waals surface area contributed by atoms with Crippen LogP contribution in [0.2, 0.25) is 0 Å². The molecule has 1 aromatic heterocycles. The fourth-order valence-corrected chi connectivity index (χ4v) is 3.16. The van der Waals surface area contributed by atoms with E-state index in [2.05, 4.69) is 4.99 Å². The van der Waals surface area contributed by atoms with Crippen molar-refractivity contribution in [2.45, 2.75) is 12.3 Å². The smallest absolute Gasteiger partial charge is 0.159 e. The molecule has 0 radical (unpaired) electrons. The lowest BCUT2D eigenvalue weighted by molar-refractivity contribution is 0.509. The van der Waals surface area contributed by atoms with Crippen LogP contribution in [0.5, 0.6) is 0 Å². The minimum absolute atomic E-state index is 0.130. The zero-order valence-electron chi connectivity index (χ0n) is 13.9. The SMILES string of the molecule is Nc1ccc(-n2cc(-c3ccc(F)c(F)c3)c(C3C=CN=CC3)c2)cc1. The van der Waals surface area contributed by atoms with Crippen molar-refractivity contribution in [3.63, 3.8) is 0 Å². The number of hydrogen-bond acceptors (Lipinski definition) is 2. The van der Waals surface area contributed by atoms with Gasteiger partial charge in [-0.15, -0.1) is 0 Å². The normalized spacial score (nSPS) is 16.2. The summed E-state index contributed by atoms with van der Waals surface area (Å²) in [5.41, 5.74) is 9.95. The zero-order chi connectivity index (χ0) is 18.1. The van der Waals surface area contributed by atoms with Gasteiger partial charge in [-0.05, 0) is 53.9 Å². The second-order valence-electron chi connectivity index (χ2n) is 6.27. The molecule has 1 aliphatic heterocycles. The van der Waals surface area contributed by atoms with Crippen molar-refractivity contribution in [3.05, 3.63) is 84.3 Å². The Kier molecular flexibility index (Phi) is 4.13. The predicted octanol–water partition coefficient (Wildman–Crippen LogP) is 5.08. The van der Waals surface area contributed by atoms with Crippen LogP contribution in [0, 0.1) is 11.6 Å². The summed E-state index contributed by atoms with van der Waals surface area (Å²) in [5.74, 6) is -1.57. The second-order valence-corrected chi connectivity index (χ2v) is 6.27. The van der Waals surface area contributed by atoms with E-state index in [9.17, 15) is 8.78 Å². The van der Waals surface area contributed by atoms with Crippen LogP contribution in [-0.4, -0.2) is 10.8 Å². The van der Waals surface area contributed by atoms with Gasteiger partial charge in [-0.1, -0.05) is 12.1 Å². The molecule has 0 spiro atoms. The quantitative estimate of drug-likeness (QED) is 0.659. The van der Waals surface area contributed by atoms with E-state index in [-0.39, 0.29) is 5.92 Å². The number of nitrogens with two attached hydrogens (primary N) is 1. The van der Waals surface area contributed by atoms with Gasteiger partial charge in [0.2, 0.25) is 0 Å². The van der Waals surface area contributed by atoms with E-state index in [1.54, 1.807) is 12.3 Å². The summed E-state index contributed by atoms with van der Waals surface area (Å²) in [6.07, 6.45) is 10.4. The Labute approximate surface area is 150 Å². The molecule has 1 atom stereocenters. The largest absolute Gasteiger partial charge is 0.399 e. The Hall–Kier alpha value is -3.21. The zero-order valence-corrected chi connectivity index (χ0v) is 13.9. The number of benzene rings is 2. The van der Waals surface area contributed by atoms with Crippen molar-refractivity contribution in [3.8, 4) is 16.8 Å². The van der Waals surface area contributed by atoms with Crippen molar-refractivity contribution >= 4 is 11.9 Å². The van der Waals surface area contributed by atoms with E-state index in [1.807, 2.05) is 53.5 Å². The van der Waals surface area contributed by atoms with Crippen LogP contribution in [0.4, 0.5) is 14.5 Å². The highest BCUT2D eigenvalue weighted by molar-refractivity contribution is 5.71. The van der Waals surface area contributed by atoms with Crippen LogP contribution in [-0.2, 0) is 0 Å². The van der Waals surface area contributed by atoms with Gasteiger partial charge in [0.1, 0.15) is 0 Å². The number of aliphatic imine (C=N–C) groups is 1. The fourth-order valence-electron chi connectivity index (χ4n) is 3.16. The first-order valence-electron chi connectivity index (χ1n) is 8.33. The van der Waals surface area contributed by atoms with Crippen LogP contribution < -0.4 is 5.73 Å². The third-order valence-electron chi connectivity index (χ3n) is 4.55. The lowest BCUT2D eigenvalue weighted by Gasteiger charge is -2.13. The average Bonchev–Trinajstić information content (AvgIpc) is 3.11. The lowest BCUT2D eigenvalue weighted by atomic mass is 9.91. The van der Waals surface area contributed by atoms with Crippen LogP contribution in [0.3, 0.4) is 0 Å². The molecule has 0 fully saturated rings. The molecule has 130 valence electrons. The standard InChI is InChI=1S/C21H17F2N3/c22-20-6-1-15(11-21(20)23)19-13-26(17-4-2-16(24)3-5-17)12-18(19)14-7-9-25-10-8-14/h1-7,9-14H,8,24H2. The summed E-state index contributed by atoms with van der Waals surface area (Å²) in [6, 6.07) is 11.5. The van der Waals surface area contributed by atoms with Gasteiger partial charge in [0.15, 0.2) is 11.6 Å². The molecule has 4 rings (SSSR count). The number of nitrogen functional groups attached to an aromatic ring is 1. The maximum absolute atomic E-state index is 13.8. The Bertz CT molecular complexity index is 1000. The van der Waals surface area contributed by atoms with Crippen LogP contribution >= 0.6 is 0 Å². The van der Waals surface area contributed by atoms with Gasteiger partial charge in [0, 0.05) is 47.7 Å². The highest BCUT2D eigenvalue weighted by atomic mass is 19.2. The third kappa shape index (κ3) is 3.04. The molecule has 1 unspecified atom stereocenters. The molecule has 0 saturated heterocycles. The van der Waals surface area contributed by atoms with Crippen LogP contribution in [0.25, 0.3) is 16.8 Å². The van der Waals surface area contributed by atoms with Crippen molar-refractivity contribution < 1.29 is 8.78 Å². The van der Waals surface area contributed by atoms with Crippen molar-refractivity contribution in [1.82, 2.24) is 4.57 Å². The molecular weight excluding hydrogens is 332 g/mol. The molecule has 0 bridgehead atoms. The van der Waals surface area contributed by atoms with Gasteiger partial charge >= 0.3 is 0 Å². The van der Waals surface area contributed by atoms with Crippen molar-refractivity contribution in [2.24, 2.45) is 4.99 Å². The minimum atomic E-state index is -0.852. The number of allylic oxidation sites excluding steroid dienone is 1. The molecule has 5 heteroatoms. The Morgan fingerprint density at radius 3 is 2.50 bits per heavy atom. The van der Waals surface area contributed by atoms with E-state index in [4.69, 9.17) is 5.73 Å². The molecule has 0 amide bonds. The molecule has 2 heterocycles. The molecule has 2 N–H and O–H groups in total. The van der Waals surface area contributed by atoms with E-state index in [0.717, 1.165) is 29.3 Å². The highest BCUT2D eigenvalue weighted by Gasteiger charge is 2.19. The summed E-state index contributed by atoms with van der Waals surface area (Å²) in [5, 5.41) is 0. The maximum atomic E-state index is 13.8. The topological polar surface area (TPSA) is 43.3 Å². The van der Waals surface area contributed by atoms with E-state index in [0.29, 0.717) is 11.3 Å². The minimum Gasteiger partial charge on any atom is -0.399 e. The maximum Gasteiger partial charge on any atom is 0.159 e. The van der Waals surface area contributed by atoms with E-state index < -0.39 is 11.6 Å². The van der Waals surface area contributed by atoms with Crippen molar-refractivity contribution in [2.75, 3.05) is 5.73 Å². The van der Waals surface area contributed by atoms with Crippen LogP contribution in [0.1, 0.15) is 17.9 Å². The van der Waals surface area contributed by atoms with Gasteiger partial charge in [0.25, 0.3) is 0 Å². The number of halogens is 2. The third-order valence-corrected chi connectivity index (χ3v) is 4.55. The number of aromatic nitrogens is 1. The predicted molar refractivity (Wildman–Crippen MR) is 101 cm³/mol. The summed E-state index contributed by atoms with van der Waals surface area (Å²) < 4.78 is 29.1. The summed E-state index contributed by atoms with van der Waals surface area (Å²) in [4.78, 5) is 4.12. The van der Waals surface area contributed by atoms with Gasteiger partial charge in [0.05, 0.1) is 0 Å². The molecule has 0 aliphatic carbocycles.